The molecule has 1 aromatic heterocycles. The van der Waals surface area contributed by atoms with E-state index in [0.29, 0.717) is 49.7 Å². The highest BCUT2D eigenvalue weighted by Crippen LogP contribution is 2.30. The monoisotopic (exact) mass is 443 g/mol. The average molecular weight is 444 g/mol. The van der Waals surface area contributed by atoms with Crippen LogP contribution in [0.25, 0.3) is 11.4 Å². The minimum atomic E-state index is -0.469. The molecular weight excluding hydrogens is 404 g/mol. The Kier molecular flexibility index (Phi) is 4.38. The van der Waals surface area contributed by atoms with E-state index in [1.54, 1.807) is 12.1 Å². The lowest BCUT2D eigenvalue weighted by molar-refractivity contribution is 0.104. The van der Waals surface area contributed by atoms with Gasteiger partial charge in [0, 0.05) is 44.0 Å². The molecule has 0 spiro atoms. The SMILES string of the molecule is [2H]c1cc(C)cc([2H])c1-c1nc(CN2CCN(C(c3ccccc3)c3c([2H])c([2H])c([2H])c([2H])c3[2H])CC2)c(C)[nH]1. The second-order valence-electron chi connectivity index (χ2n) is 8.52. The molecule has 1 unspecified atom stereocenters. The summed E-state index contributed by atoms with van der Waals surface area (Å²) in [6.07, 6.45) is 0. The zero-order chi connectivity index (χ0) is 28.7. The Morgan fingerprint density at radius 3 is 2.27 bits per heavy atom. The van der Waals surface area contributed by atoms with Crippen LogP contribution in [0, 0.1) is 13.8 Å². The van der Waals surface area contributed by atoms with Crippen molar-refractivity contribution in [2.45, 2.75) is 26.4 Å². The fraction of sp³-hybridized carbons (Fsp3) is 0.276. The van der Waals surface area contributed by atoms with Gasteiger partial charge in [0.25, 0.3) is 0 Å². The van der Waals surface area contributed by atoms with Gasteiger partial charge in [0.05, 0.1) is 21.3 Å². The maximum absolute atomic E-state index is 8.61. The Morgan fingerprint density at radius 1 is 0.879 bits per heavy atom. The lowest BCUT2D eigenvalue weighted by atomic mass is 9.96. The molecule has 5 rings (SSSR count). The summed E-state index contributed by atoms with van der Waals surface area (Å²) in [4.78, 5) is 12.5. The molecular formula is C29H32N4. The molecule has 1 atom stereocenters. The van der Waals surface area contributed by atoms with Gasteiger partial charge in [-0.1, -0.05) is 90.3 Å². The Hall–Kier alpha value is -3.21. The van der Waals surface area contributed by atoms with E-state index in [0.717, 1.165) is 22.5 Å². The number of nitrogens with one attached hydrogen (secondary N) is 1. The fourth-order valence-electron chi connectivity index (χ4n) is 4.34. The van der Waals surface area contributed by atoms with Gasteiger partial charge in [-0.2, -0.15) is 0 Å². The first kappa shape index (κ1) is 14.8. The number of H-pyrrole nitrogens is 1. The van der Waals surface area contributed by atoms with Crippen LogP contribution in [-0.2, 0) is 6.54 Å². The molecule has 33 heavy (non-hydrogen) atoms. The molecule has 2 heterocycles. The zero-order valence-corrected chi connectivity index (χ0v) is 19.0. The van der Waals surface area contributed by atoms with Crippen LogP contribution < -0.4 is 0 Å². The number of aryl methyl sites for hydroxylation is 2. The van der Waals surface area contributed by atoms with Crippen LogP contribution in [-0.4, -0.2) is 45.9 Å². The van der Waals surface area contributed by atoms with Crippen molar-refractivity contribution in [2.75, 3.05) is 26.2 Å². The maximum Gasteiger partial charge on any atom is 0.137 e. The molecule has 0 amide bonds. The number of rotatable bonds is 6. The van der Waals surface area contributed by atoms with Crippen LogP contribution in [0.1, 0.15) is 43.7 Å². The summed E-state index contributed by atoms with van der Waals surface area (Å²) in [5.74, 6) is 0.534. The third-order valence-corrected chi connectivity index (χ3v) is 6.16. The molecule has 1 aliphatic rings. The number of aromatic nitrogens is 2. The highest BCUT2D eigenvalue weighted by Gasteiger charge is 2.26. The summed E-state index contributed by atoms with van der Waals surface area (Å²) >= 11 is 0. The van der Waals surface area contributed by atoms with E-state index in [1.807, 2.05) is 44.2 Å². The predicted molar refractivity (Wildman–Crippen MR) is 135 cm³/mol. The Labute approximate surface area is 206 Å². The van der Waals surface area contributed by atoms with E-state index in [-0.39, 0.29) is 42.3 Å². The van der Waals surface area contributed by atoms with E-state index < -0.39 is 6.04 Å². The van der Waals surface area contributed by atoms with Gasteiger partial charge in [-0.05, 0) is 25.0 Å². The second-order valence-corrected chi connectivity index (χ2v) is 8.52. The van der Waals surface area contributed by atoms with Gasteiger partial charge >= 0.3 is 0 Å². The summed E-state index contributed by atoms with van der Waals surface area (Å²) < 4.78 is 58.4. The van der Waals surface area contributed by atoms with Gasteiger partial charge in [-0.3, -0.25) is 9.80 Å². The van der Waals surface area contributed by atoms with E-state index in [1.165, 1.54) is 0 Å². The minimum Gasteiger partial charge on any atom is -0.342 e. The van der Waals surface area contributed by atoms with Crippen LogP contribution in [0.5, 0.6) is 0 Å². The molecule has 4 heteroatoms. The summed E-state index contributed by atoms with van der Waals surface area (Å²) in [6, 6.07) is 11.8. The first-order valence-corrected chi connectivity index (χ1v) is 11.3. The predicted octanol–water partition coefficient (Wildman–Crippen LogP) is 5.60. The standard InChI is InChI=1S/C29H32N4/c1-22-13-15-26(16-14-22)29-30-23(2)27(31-29)21-32-17-19-33(20-18-32)28(24-9-5-3-6-10-24)25-11-7-4-8-12-25/h3-16,28H,17-21H2,1-2H3,(H,30,31)/i3D,5D,6D,9D,10D,15D,16D. The van der Waals surface area contributed by atoms with Crippen molar-refractivity contribution in [3.63, 3.8) is 0 Å². The smallest absolute Gasteiger partial charge is 0.137 e. The van der Waals surface area contributed by atoms with E-state index in [4.69, 9.17) is 14.6 Å². The highest BCUT2D eigenvalue weighted by molar-refractivity contribution is 5.56. The molecule has 1 aliphatic heterocycles. The van der Waals surface area contributed by atoms with Gasteiger partial charge in [0.2, 0.25) is 0 Å². The van der Waals surface area contributed by atoms with Crippen molar-refractivity contribution >= 4 is 0 Å². The molecule has 1 saturated heterocycles. The first-order valence-electron chi connectivity index (χ1n) is 14.8. The molecule has 0 radical (unpaired) electrons. The van der Waals surface area contributed by atoms with Crippen molar-refractivity contribution < 1.29 is 9.60 Å². The average Bonchev–Trinajstić information content (AvgIpc) is 3.28. The van der Waals surface area contributed by atoms with Crippen molar-refractivity contribution in [1.29, 1.82) is 0 Å². The number of hydrogen-bond acceptors (Lipinski definition) is 3. The number of imidazole rings is 1. The molecule has 1 fully saturated rings. The molecule has 0 aliphatic carbocycles. The van der Waals surface area contributed by atoms with Crippen LogP contribution >= 0.6 is 0 Å². The third kappa shape index (κ3) is 4.92. The third-order valence-electron chi connectivity index (χ3n) is 6.16. The molecule has 168 valence electrons. The summed E-state index contributed by atoms with van der Waals surface area (Å²) in [5, 5.41) is 0. The van der Waals surface area contributed by atoms with Crippen LogP contribution in [0.3, 0.4) is 0 Å². The maximum atomic E-state index is 8.61. The Bertz CT molecular complexity index is 1490. The van der Waals surface area contributed by atoms with Gasteiger partial charge in [0.15, 0.2) is 0 Å². The Morgan fingerprint density at radius 2 is 1.58 bits per heavy atom. The number of nitrogens with zero attached hydrogens (tertiary/aromatic N) is 3. The summed E-state index contributed by atoms with van der Waals surface area (Å²) in [6.45, 7) is 7.13. The second kappa shape index (κ2) is 9.74. The van der Waals surface area contributed by atoms with Crippen LogP contribution in [0.2, 0.25) is 0 Å². The van der Waals surface area contributed by atoms with Gasteiger partial charge < -0.3 is 4.98 Å². The first-order chi connectivity index (χ1) is 19.1. The van der Waals surface area contributed by atoms with E-state index in [9.17, 15) is 0 Å². The Balaban J connectivity index is 1.38. The van der Waals surface area contributed by atoms with Crippen molar-refractivity contribution in [2.24, 2.45) is 0 Å². The number of piperazine rings is 1. The highest BCUT2D eigenvalue weighted by atomic mass is 15.3. The topological polar surface area (TPSA) is 35.2 Å². The summed E-state index contributed by atoms with van der Waals surface area (Å²) in [7, 11) is 0. The number of aromatic amines is 1. The normalized spacial score (nSPS) is 19.0. The van der Waals surface area contributed by atoms with E-state index in [2.05, 4.69) is 14.8 Å². The largest absolute Gasteiger partial charge is 0.342 e. The van der Waals surface area contributed by atoms with Crippen LogP contribution in [0.15, 0.2) is 84.8 Å². The van der Waals surface area contributed by atoms with E-state index >= 15 is 0 Å². The number of hydrogen-bond donors (Lipinski definition) is 1. The minimum absolute atomic E-state index is 0.166. The summed E-state index contributed by atoms with van der Waals surface area (Å²) in [5.41, 5.74) is 4.32. The van der Waals surface area contributed by atoms with Gasteiger partial charge in [0.1, 0.15) is 5.82 Å². The molecule has 4 nitrogen and oxygen atoms in total. The number of benzene rings is 3. The van der Waals surface area contributed by atoms with Crippen molar-refractivity contribution in [3.05, 3.63) is 113 Å². The fourth-order valence-corrected chi connectivity index (χ4v) is 4.34. The van der Waals surface area contributed by atoms with Crippen molar-refractivity contribution in [1.82, 2.24) is 19.8 Å². The molecule has 0 bridgehead atoms. The van der Waals surface area contributed by atoms with Gasteiger partial charge in [-0.15, -0.1) is 0 Å². The lowest BCUT2D eigenvalue weighted by Crippen LogP contribution is -2.47. The zero-order valence-electron chi connectivity index (χ0n) is 26.0. The lowest BCUT2D eigenvalue weighted by Gasteiger charge is -2.39. The molecule has 4 aromatic rings. The van der Waals surface area contributed by atoms with Crippen LogP contribution in [0.4, 0.5) is 0 Å². The molecule has 0 saturated carbocycles. The van der Waals surface area contributed by atoms with Crippen molar-refractivity contribution in [3.8, 4) is 11.4 Å². The van der Waals surface area contributed by atoms with Gasteiger partial charge in [-0.25, -0.2) is 4.98 Å². The molecule has 1 N–H and O–H groups in total. The quantitative estimate of drug-likeness (QED) is 0.421. The molecule has 3 aromatic carbocycles.